The molecule has 0 saturated carbocycles. The number of carbonyl (C=O) groups excluding carboxylic acids is 1. The molecule has 0 radical (unpaired) electrons. The van der Waals surface area contributed by atoms with E-state index in [0.29, 0.717) is 5.69 Å². The SMILES string of the molecule is CCOC(=O)c1c(C)noc1NNS(=O)(=O)c1ccc(C)cc1. The first-order valence-corrected chi connectivity index (χ1v) is 8.31. The number of nitrogens with one attached hydrogen (secondary N) is 2. The van der Waals surface area contributed by atoms with Crippen LogP contribution in [0.15, 0.2) is 33.7 Å². The zero-order valence-electron chi connectivity index (χ0n) is 12.9. The van der Waals surface area contributed by atoms with Crippen molar-refractivity contribution in [3.8, 4) is 0 Å². The summed E-state index contributed by atoms with van der Waals surface area (Å²) in [4.78, 5) is 14.1. The molecule has 0 aliphatic heterocycles. The van der Waals surface area contributed by atoms with E-state index in [1.165, 1.54) is 12.1 Å². The lowest BCUT2D eigenvalue weighted by Crippen LogP contribution is -2.30. The van der Waals surface area contributed by atoms with Crippen molar-refractivity contribution in [2.45, 2.75) is 25.7 Å². The van der Waals surface area contributed by atoms with E-state index in [0.717, 1.165) is 5.56 Å². The van der Waals surface area contributed by atoms with Gasteiger partial charge in [0.15, 0.2) is 0 Å². The number of sulfonamides is 1. The predicted octanol–water partition coefficient (Wildman–Crippen LogP) is 1.77. The van der Waals surface area contributed by atoms with Crippen molar-refractivity contribution >= 4 is 21.9 Å². The number of hydrazine groups is 1. The number of ether oxygens (including phenoxy) is 1. The molecule has 0 saturated heterocycles. The summed E-state index contributed by atoms with van der Waals surface area (Å²) in [6.07, 6.45) is 0. The molecule has 23 heavy (non-hydrogen) atoms. The topological polar surface area (TPSA) is 111 Å². The Labute approximate surface area is 133 Å². The summed E-state index contributed by atoms with van der Waals surface area (Å²) in [6, 6.07) is 6.29. The summed E-state index contributed by atoms with van der Waals surface area (Å²) in [6.45, 7) is 5.24. The van der Waals surface area contributed by atoms with Gasteiger partial charge in [-0.3, -0.25) is 5.43 Å². The zero-order valence-corrected chi connectivity index (χ0v) is 13.7. The number of benzene rings is 1. The Morgan fingerprint density at radius 2 is 1.91 bits per heavy atom. The smallest absolute Gasteiger partial charge is 0.345 e. The van der Waals surface area contributed by atoms with Gasteiger partial charge in [-0.2, -0.15) is 0 Å². The number of carbonyl (C=O) groups is 1. The van der Waals surface area contributed by atoms with E-state index in [2.05, 4.69) is 15.4 Å². The van der Waals surface area contributed by atoms with Gasteiger partial charge >= 0.3 is 5.97 Å². The highest BCUT2D eigenvalue weighted by Crippen LogP contribution is 2.20. The summed E-state index contributed by atoms with van der Waals surface area (Å²) < 4.78 is 34.2. The Balaban J connectivity index is 2.18. The fourth-order valence-electron chi connectivity index (χ4n) is 1.79. The summed E-state index contributed by atoms with van der Waals surface area (Å²) >= 11 is 0. The molecular formula is C14H17N3O5S. The van der Waals surface area contributed by atoms with Crippen LogP contribution in [0.2, 0.25) is 0 Å². The van der Waals surface area contributed by atoms with Crippen LogP contribution in [-0.4, -0.2) is 26.2 Å². The lowest BCUT2D eigenvalue weighted by atomic mass is 10.2. The second-order valence-electron chi connectivity index (χ2n) is 4.74. The molecule has 0 aliphatic rings. The van der Waals surface area contributed by atoms with Gasteiger partial charge in [-0.15, -0.1) is 4.83 Å². The third kappa shape index (κ3) is 3.88. The van der Waals surface area contributed by atoms with Crippen molar-refractivity contribution in [2.24, 2.45) is 0 Å². The maximum absolute atomic E-state index is 12.2. The van der Waals surface area contributed by atoms with Gasteiger partial charge in [0.25, 0.3) is 15.9 Å². The van der Waals surface area contributed by atoms with Gasteiger partial charge in [0.05, 0.1) is 17.2 Å². The van der Waals surface area contributed by atoms with E-state index in [9.17, 15) is 13.2 Å². The van der Waals surface area contributed by atoms with Gasteiger partial charge in [-0.05, 0) is 32.9 Å². The summed E-state index contributed by atoms with van der Waals surface area (Å²) in [5.41, 5.74) is 3.63. The van der Waals surface area contributed by atoms with E-state index >= 15 is 0 Å². The van der Waals surface area contributed by atoms with E-state index in [4.69, 9.17) is 9.26 Å². The molecule has 0 fully saturated rings. The number of aromatic nitrogens is 1. The van der Waals surface area contributed by atoms with Crippen LogP contribution < -0.4 is 10.3 Å². The molecule has 1 aromatic heterocycles. The number of hydrogen-bond donors (Lipinski definition) is 2. The number of hydrogen-bond acceptors (Lipinski definition) is 7. The van der Waals surface area contributed by atoms with Gasteiger partial charge in [0.2, 0.25) is 0 Å². The highest BCUT2D eigenvalue weighted by atomic mass is 32.2. The lowest BCUT2D eigenvalue weighted by molar-refractivity contribution is 0.0526. The van der Waals surface area contributed by atoms with Gasteiger partial charge < -0.3 is 9.26 Å². The molecule has 1 heterocycles. The molecule has 0 spiro atoms. The first-order valence-electron chi connectivity index (χ1n) is 6.83. The van der Waals surface area contributed by atoms with Crippen molar-refractivity contribution in [3.05, 3.63) is 41.1 Å². The highest BCUT2D eigenvalue weighted by Gasteiger charge is 2.23. The average molecular weight is 339 g/mol. The van der Waals surface area contributed by atoms with Crippen molar-refractivity contribution in [1.29, 1.82) is 0 Å². The first-order chi connectivity index (χ1) is 10.8. The molecule has 0 amide bonds. The molecule has 2 rings (SSSR count). The van der Waals surface area contributed by atoms with Gasteiger partial charge in [-0.1, -0.05) is 22.9 Å². The average Bonchev–Trinajstić information content (AvgIpc) is 2.87. The monoisotopic (exact) mass is 339 g/mol. The minimum atomic E-state index is -3.82. The standard InChI is InChI=1S/C14H17N3O5S/c1-4-21-14(18)12-10(3)16-22-13(12)15-17-23(19,20)11-7-5-9(2)6-8-11/h5-8,15,17H,4H2,1-3H3. The van der Waals surface area contributed by atoms with Crippen LogP contribution in [0, 0.1) is 13.8 Å². The fourth-order valence-corrected chi connectivity index (χ4v) is 2.63. The summed E-state index contributed by atoms with van der Waals surface area (Å²) in [5.74, 6) is -0.778. The predicted molar refractivity (Wildman–Crippen MR) is 82.3 cm³/mol. The van der Waals surface area contributed by atoms with Crippen LogP contribution in [0.5, 0.6) is 0 Å². The number of esters is 1. The minimum absolute atomic E-state index is 0.0402. The third-order valence-electron chi connectivity index (χ3n) is 2.97. The number of anilines is 1. The zero-order chi connectivity index (χ0) is 17.0. The molecule has 0 atom stereocenters. The van der Waals surface area contributed by atoms with Crippen LogP contribution in [-0.2, 0) is 14.8 Å². The normalized spacial score (nSPS) is 11.3. The van der Waals surface area contributed by atoms with Crippen molar-refractivity contribution in [3.63, 3.8) is 0 Å². The minimum Gasteiger partial charge on any atom is -0.462 e. The molecule has 0 bridgehead atoms. The van der Waals surface area contributed by atoms with Crippen LogP contribution in [0.25, 0.3) is 0 Å². The van der Waals surface area contributed by atoms with Crippen LogP contribution >= 0.6 is 0 Å². The summed E-state index contributed by atoms with van der Waals surface area (Å²) in [5, 5.41) is 3.63. The Hall–Kier alpha value is -2.39. The van der Waals surface area contributed by atoms with Crippen LogP contribution in [0.4, 0.5) is 5.88 Å². The molecule has 124 valence electrons. The van der Waals surface area contributed by atoms with Crippen molar-refractivity contribution in [2.75, 3.05) is 12.0 Å². The maximum atomic E-state index is 12.2. The Kier molecular flexibility index (Phi) is 5.02. The Morgan fingerprint density at radius 1 is 1.26 bits per heavy atom. The van der Waals surface area contributed by atoms with Gasteiger partial charge in [0, 0.05) is 0 Å². The van der Waals surface area contributed by atoms with Crippen LogP contribution in [0.3, 0.4) is 0 Å². The molecule has 2 aromatic rings. The second-order valence-corrected chi connectivity index (χ2v) is 6.42. The van der Waals surface area contributed by atoms with Crippen molar-refractivity contribution in [1.82, 2.24) is 9.99 Å². The second kappa shape index (κ2) is 6.80. The Bertz CT molecular complexity index is 796. The molecule has 9 heteroatoms. The molecule has 2 N–H and O–H groups in total. The third-order valence-corrected chi connectivity index (χ3v) is 4.24. The molecule has 8 nitrogen and oxygen atoms in total. The van der Waals surface area contributed by atoms with Crippen LogP contribution in [0.1, 0.15) is 28.5 Å². The van der Waals surface area contributed by atoms with E-state index < -0.39 is 16.0 Å². The maximum Gasteiger partial charge on any atom is 0.345 e. The number of nitrogens with zero attached hydrogens (tertiary/aromatic N) is 1. The molecule has 1 aromatic carbocycles. The number of aryl methyl sites for hydroxylation is 2. The van der Waals surface area contributed by atoms with Gasteiger partial charge in [-0.25, -0.2) is 13.2 Å². The Morgan fingerprint density at radius 3 is 2.52 bits per heavy atom. The quantitative estimate of drug-likeness (QED) is 0.609. The van der Waals surface area contributed by atoms with E-state index in [-0.39, 0.29) is 22.9 Å². The highest BCUT2D eigenvalue weighted by molar-refractivity contribution is 7.89. The molecular weight excluding hydrogens is 322 g/mol. The summed E-state index contributed by atoms with van der Waals surface area (Å²) in [7, 11) is -3.82. The van der Waals surface area contributed by atoms with Crippen molar-refractivity contribution < 1.29 is 22.5 Å². The lowest BCUT2D eigenvalue weighted by Gasteiger charge is -2.08. The number of rotatable bonds is 6. The van der Waals surface area contributed by atoms with E-state index in [1.807, 2.05) is 6.92 Å². The fraction of sp³-hybridized carbons (Fsp3) is 0.286. The first kappa shape index (κ1) is 17.0. The largest absolute Gasteiger partial charge is 0.462 e. The molecule has 0 aliphatic carbocycles. The molecule has 0 unspecified atom stereocenters. The van der Waals surface area contributed by atoms with Gasteiger partial charge in [0.1, 0.15) is 5.56 Å². The van der Waals surface area contributed by atoms with E-state index in [1.54, 1.807) is 26.0 Å².